The molecule has 1 atom stereocenters. The summed E-state index contributed by atoms with van der Waals surface area (Å²) >= 11 is 5.92. The average molecular weight is 317 g/mol. The molecule has 0 aromatic carbocycles. The van der Waals surface area contributed by atoms with Crippen molar-refractivity contribution in [3.63, 3.8) is 0 Å². The van der Waals surface area contributed by atoms with Gasteiger partial charge < -0.3 is 4.52 Å². The summed E-state index contributed by atoms with van der Waals surface area (Å²) in [4.78, 5) is 0. The number of hydrogen-bond acceptors (Lipinski definition) is 7. The van der Waals surface area contributed by atoms with E-state index < -0.39 is 15.3 Å². The fourth-order valence-corrected chi connectivity index (χ4v) is 3.44. The first-order chi connectivity index (χ1) is 9.47. The van der Waals surface area contributed by atoms with Crippen molar-refractivity contribution < 1.29 is 17.6 Å². The third kappa shape index (κ3) is 2.18. The lowest BCUT2D eigenvalue weighted by Gasteiger charge is -2.17. The molecule has 1 N–H and O–H groups in total. The predicted octanol–water partition coefficient (Wildman–Crippen LogP) is 1.83. The molecule has 2 heterocycles. The van der Waals surface area contributed by atoms with Gasteiger partial charge in [0.1, 0.15) is 16.7 Å². The Bertz CT molecular complexity index is 779. The van der Waals surface area contributed by atoms with Crippen LogP contribution in [0.5, 0.6) is 0 Å². The number of fused-ring (bicyclic) bond motifs is 1. The van der Waals surface area contributed by atoms with Gasteiger partial charge in [0.2, 0.25) is 10.0 Å². The number of allylic oxidation sites excluding steroid dienone is 1. The fourth-order valence-electron chi connectivity index (χ4n) is 1.90. The van der Waals surface area contributed by atoms with E-state index in [1.54, 1.807) is 13.0 Å². The second-order valence-electron chi connectivity index (χ2n) is 4.24. The van der Waals surface area contributed by atoms with Gasteiger partial charge >= 0.3 is 0 Å². The van der Waals surface area contributed by atoms with Crippen molar-refractivity contribution in [2.75, 3.05) is 4.72 Å². The molecule has 1 aliphatic carbocycles. The van der Waals surface area contributed by atoms with Gasteiger partial charge in [-0.25, -0.2) is 13.0 Å². The summed E-state index contributed by atoms with van der Waals surface area (Å²) in [7, 11) is -3.77. The Labute approximate surface area is 118 Å². The van der Waals surface area contributed by atoms with Crippen LogP contribution in [0.4, 0.5) is 5.82 Å². The molecule has 2 aromatic heterocycles. The van der Waals surface area contributed by atoms with Crippen LogP contribution in [0.1, 0.15) is 28.8 Å². The van der Waals surface area contributed by atoms with E-state index in [1.165, 1.54) is 6.07 Å². The molecule has 0 bridgehead atoms. The van der Waals surface area contributed by atoms with Gasteiger partial charge in [0, 0.05) is 6.07 Å². The van der Waals surface area contributed by atoms with Gasteiger partial charge in [-0.3, -0.25) is 4.72 Å². The zero-order valence-corrected chi connectivity index (χ0v) is 11.8. The van der Waals surface area contributed by atoms with E-state index in [1.807, 2.05) is 0 Å². The monoisotopic (exact) mass is 316 g/mol. The highest BCUT2D eigenvalue weighted by molar-refractivity contribution is 7.92. The molecule has 106 valence electrons. The quantitative estimate of drug-likeness (QED) is 0.919. The summed E-state index contributed by atoms with van der Waals surface area (Å²) < 4.78 is 36.4. The largest absolute Gasteiger partial charge is 0.360 e. The number of aryl methyl sites for hydroxylation is 1. The molecule has 2 aromatic rings. The van der Waals surface area contributed by atoms with Crippen LogP contribution >= 0.6 is 11.6 Å². The van der Waals surface area contributed by atoms with E-state index in [0.29, 0.717) is 10.8 Å². The Morgan fingerprint density at radius 1 is 1.40 bits per heavy atom. The molecule has 0 fully saturated rings. The minimum absolute atomic E-state index is 0.112. The highest BCUT2D eigenvalue weighted by atomic mass is 35.5. The summed E-state index contributed by atoms with van der Waals surface area (Å²) in [5.74, 6) is 0.610. The number of aromatic nitrogens is 3. The number of rotatable bonds is 3. The van der Waals surface area contributed by atoms with Gasteiger partial charge in [-0.2, -0.15) is 0 Å². The molecule has 8 nitrogen and oxygen atoms in total. The van der Waals surface area contributed by atoms with Crippen molar-refractivity contribution >= 4 is 32.5 Å². The lowest BCUT2D eigenvalue weighted by atomic mass is 10.1. The van der Waals surface area contributed by atoms with Crippen LogP contribution in [0.2, 0.25) is 0 Å². The molecule has 20 heavy (non-hydrogen) atoms. The number of hydrogen-bond donors (Lipinski definition) is 1. The number of anilines is 1. The van der Waals surface area contributed by atoms with Crippen LogP contribution in [-0.4, -0.2) is 23.9 Å². The maximum atomic E-state index is 12.4. The summed E-state index contributed by atoms with van der Waals surface area (Å²) in [6.07, 6.45) is 1.73. The Morgan fingerprint density at radius 3 is 2.90 bits per heavy atom. The van der Waals surface area contributed by atoms with Crippen LogP contribution in [-0.2, 0) is 10.0 Å². The summed E-state index contributed by atoms with van der Waals surface area (Å²) in [6.45, 7) is 1.66. The Hall–Kier alpha value is -1.87. The summed E-state index contributed by atoms with van der Waals surface area (Å²) in [5.41, 5.74) is 0.426. The van der Waals surface area contributed by atoms with E-state index in [2.05, 4.69) is 24.8 Å². The van der Waals surface area contributed by atoms with E-state index >= 15 is 0 Å². The zero-order valence-electron chi connectivity index (χ0n) is 10.2. The SMILES string of the molecule is Cc1cc(NS(=O)(=O)C2CC=C(Cl)c3nonc32)no1. The molecule has 1 aliphatic rings. The number of sulfonamides is 1. The van der Waals surface area contributed by atoms with Crippen molar-refractivity contribution in [3.8, 4) is 0 Å². The zero-order chi connectivity index (χ0) is 14.3. The molecule has 0 amide bonds. The molecule has 10 heteroatoms. The molecule has 0 saturated heterocycles. The van der Waals surface area contributed by atoms with Crippen molar-refractivity contribution in [1.29, 1.82) is 0 Å². The van der Waals surface area contributed by atoms with Crippen LogP contribution < -0.4 is 4.72 Å². The third-order valence-corrected chi connectivity index (χ3v) is 4.80. The second kappa shape index (κ2) is 4.60. The lowest BCUT2D eigenvalue weighted by molar-refractivity contribution is 0.302. The van der Waals surface area contributed by atoms with Crippen molar-refractivity contribution in [2.45, 2.75) is 18.6 Å². The van der Waals surface area contributed by atoms with Crippen molar-refractivity contribution in [3.05, 3.63) is 29.3 Å². The summed E-state index contributed by atoms with van der Waals surface area (Å²) in [6, 6.07) is 1.48. The molecule has 0 saturated carbocycles. The van der Waals surface area contributed by atoms with Crippen LogP contribution in [0.15, 0.2) is 21.3 Å². The Balaban J connectivity index is 1.93. The second-order valence-corrected chi connectivity index (χ2v) is 6.51. The normalized spacial score (nSPS) is 18.5. The smallest absolute Gasteiger partial charge is 0.243 e. The van der Waals surface area contributed by atoms with E-state index in [0.717, 1.165) is 0 Å². The van der Waals surface area contributed by atoms with E-state index in [-0.39, 0.29) is 23.6 Å². The molecule has 0 aliphatic heterocycles. The first-order valence-corrected chi connectivity index (χ1v) is 7.53. The van der Waals surface area contributed by atoms with Gasteiger partial charge in [0.05, 0.1) is 5.03 Å². The van der Waals surface area contributed by atoms with Gasteiger partial charge in [0.25, 0.3) is 0 Å². The lowest BCUT2D eigenvalue weighted by Crippen LogP contribution is -2.23. The van der Waals surface area contributed by atoms with Gasteiger partial charge in [-0.05, 0) is 18.5 Å². The molecular formula is C10H9ClN4O4S. The predicted molar refractivity (Wildman–Crippen MR) is 69.3 cm³/mol. The van der Waals surface area contributed by atoms with Crippen molar-refractivity contribution in [2.24, 2.45) is 0 Å². The maximum Gasteiger partial charge on any atom is 0.243 e. The highest BCUT2D eigenvalue weighted by Gasteiger charge is 2.36. The van der Waals surface area contributed by atoms with E-state index in [9.17, 15) is 8.42 Å². The minimum atomic E-state index is -3.77. The molecule has 1 unspecified atom stereocenters. The standard InChI is InChI=1S/C10H9ClN4O4S/c1-5-4-8(12-18-5)15-20(16,17)7-3-2-6(11)9-10(7)14-19-13-9/h2,4,7H,3H2,1H3,(H,12,15). The average Bonchev–Trinajstić information content (AvgIpc) is 2.98. The molecular weight excluding hydrogens is 308 g/mol. The highest BCUT2D eigenvalue weighted by Crippen LogP contribution is 2.37. The number of halogens is 1. The fraction of sp³-hybridized carbons (Fsp3) is 0.300. The topological polar surface area (TPSA) is 111 Å². The van der Waals surface area contributed by atoms with E-state index in [4.69, 9.17) is 16.1 Å². The Kier molecular flexibility index (Phi) is 3.02. The maximum absolute atomic E-state index is 12.4. The molecule has 3 rings (SSSR count). The Morgan fingerprint density at radius 2 is 2.20 bits per heavy atom. The molecule has 0 radical (unpaired) electrons. The van der Waals surface area contributed by atoms with Crippen molar-refractivity contribution in [1.82, 2.24) is 15.5 Å². The summed E-state index contributed by atoms with van der Waals surface area (Å²) in [5, 5.41) is 10.2. The minimum Gasteiger partial charge on any atom is -0.360 e. The number of nitrogens with zero attached hydrogens (tertiary/aromatic N) is 3. The van der Waals surface area contributed by atoms with Gasteiger partial charge in [0.15, 0.2) is 11.5 Å². The van der Waals surface area contributed by atoms with Crippen LogP contribution in [0.3, 0.4) is 0 Å². The molecule has 0 spiro atoms. The van der Waals surface area contributed by atoms with Crippen LogP contribution in [0.25, 0.3) is 5.03 Å². The van der Waals surface area contributed by atoms with Gasteiger partial charge in [-0.15, -0.1) is 0 Å². The first-order valence-electron chi connectivity index (χ1n) is 5.61. The third-order valence-electron chi connectivity index (χ3n) is 2.81. The van der Waals surface area contributed by atoms with Crippen LogP contribution in [0, 0.1) is 6.92 Å². The van der Waals surface area contributed by atoms with Gasteiger partial charge in [-0.1, -0.05) is 28.0 Å². The number of nitrogens with one attached hydrogen (secondary N) is 1. The first kappa shape index (κ1) is 13.1.